The Labute approximate surface area is 160 Å². The molecule has 0 saturated carbocycles. The standard InChI is InChI=1S/C19H17ClN4O3/c1-19(2)8-11-5-13(12(20)7-15(11)27-19)23-17(25)14-9-26-18(24-14)10-3-4-22-16(21)6-10/h3-7,9H,8H2,1-2H3,(H2,21,22)(H,23,25). The van der Waals surface area contributed by atoms with Crippen molar-refractivity contribution < 1.29 is 13.9 Å². The fourth-order valence-corrected chi connectivity index (χ4v) is 3.20. The molecule has 3 heterocycles. The molecule has 0 atom stereocenters. The summed E-state index contributed by atoms with van der Waals surface area (Å²) in [5, 5.41) is 3.17. The Bertz CT molecular complexity index is 1050. The third kappa shape index (κ3) is 3.46. The Kier molecular flexibility index (Phi) is 4.04. The first-order valence-corrected chi connectivity index (χ1v) is 8.69. The number of amides is 1. The number of hydrogen-bond acceptors (Lipinski definition) is 6. The lowest BCUT2D eigenvalue weighted by molar-refractivity contribution is 0.102. The molecule has 0 bridgehead atoms. The second-order valence-electron chi connectivity index (χ2n) is 6.94. The highest BCUT2D eigenvalue weighted by Gasteiger charge is 2.31. The second-order valence-corrected chi connectivity index (χ2v) is 7.35. The Morgan fingerprint density at radius 2 is 2.15 bits per heavy atom. The number of oxazole rings is 1. The molecule has 8 heteroatoms. The molecule has 1 aliphatic heterocycles. The summed E-state index contributed by atoms with van der Waals surface area (Å²) in [6, 6.07) is 6.86. The number of nitrogens with one attached hydrogen (secondary N) is 1. The quantitative estimate of drug-likeness (QED) is 0.708. The Balaban J connectivity index is 1.56. The molecule has 7 nitrogen and oxygen atoms in total. The predicted molar refractivity (Wildman–Crippen MR) is 102 cm³/mol. The normalized spacial score (nSPS) is 14.5. The lowest BCUT2D eigenvalue weighted by Gasteiger charge is -2.16. The second kappa shape index (κ2) is 6.28. The van der Waals surface area contributed by atoms with Gasteiger partial charge in [0.2, 0.25) is 5.89 Å². The monoisotopic (exact) mass is 384 g/mol. The summed E-state index contributed by atoms with van der Waals surface area (Å²) < 4.78 is 11.2. The highest BCUT2D eigenvalue weighted by molar-refractivity contribution is 6.34. The summed E-state index contributed by atoms with van der Waals surface area (Å²) >= 11 is 6.29. The fraction of sp³-hybridized carbons (Fsp3) is 0.211. The molecular weight excluding hydrogens is 368 g/mol. The molecule has 4 rings (SSSR count). The summed E-state index contributed by atoms with van der Waals surface area (Å²) in [5.41, 5.74) is 7.63. The zero-order valence-electron chi connectivity index (χ0n) is 14.7. The third-order valence-corrected chi connectivity index (χ3v) is 4.48. The van der Waals surface area contributed by atoms with Crippen LogP contribution in [0.2, 0.25) is 5.02 Å². The Morgan fingerprint density at radius 1 is 1.33 bits per heavy atom. The predicted octanol–water partition coefficient (Wildman–Crippen LogP) is 3.94. The van der Waals surface area contributed by atoms with Crippen LogP contribution in [-0.2, 0) is 6.42 Å². The van der Waals surface area contributed by atoms with E-state index in [4.69, 9.17) is 26.5 Å². The number of nitrogen functional groups attached to an aromatic ring is 1. The van der Waals surface area contributed by atoms with Crippen LogP contribution in [0.3, 0.4) is 0 Å². The summed E-state index contributed by atoms with van der Waals surface area (Å²) in [5.74, 6) is 0.935. The van der Waals surface area contributed by atoms with E-state index in [1.54, 1.807) is 24.4 Å². The number of aromatic nitrogens is 2. The van der Waals surface area contributed by atoms with Crippen molar-refractivity contribution >= 4 is 29.0 Å². The first-order valence-electron chi connectivity index (χ1n) is 8.31. The van der Waals surface area contributed by atoms with Crippen LogP contribution in [-0.4, -0.2) is 21.5 Å². The van der Waals surface area contributed by atoms with E-state index in [-0.39, 0.29) is 17.2 Å². The molecule has 1 aromatic carbocycles. The number of carbonyl (C=O) groups excluding carboxylic acids is 1. The van der Waals surface area contributed by atoms with E-state index in [0.29, 0.717) is 22.1 Å². The van der Waals surface area contributed by atoms with Crippen LogP contribution in [0.4, 0.5) is 11.5 Å². The molecule has 0 radical (unpaired) electrons. The summed E-state index contributed by atoms with van der Waals surface area (Å²) in [6.07, 6.45) is 3.57. The molecule has 1 aliphatic rings. The molecule has 3 N–H and O–H groups in total. The molecule has 0 unspecified atom stereocenters. The molecule has 2 aromatic heterocycles. The number of halogens is 1. The number of benzene rings is 1. The maximum Gasteiger partial charge on any atom is 0.277 e. The van der Waals surface area contributed by atoms with Gasteiger partial charge in [-0.3, -0.25) is 4.79 Å². The van der Waals surface area contributed by atoms with Crippen molar-refractivity contribution in [2.45, 2.75) is 25.9 Å². The van der Waals surface area contributed by atoms with Crippen LogP contribution >= 0.6 is 11.6 Å². The number of carbonyl (C=O) groups is 1. The van der Waals surface area contributed by atoms with Gasteiger partial charge in [-0.1, -0.05) is 11.6 Å². The maximum absolute atomic E-state index is 12.5. The van der Waals surface area contributed by atoms with Crippen LogP contribution in [0.5, 0.6) is 5.75 Å². The SMILES string of the molecule is CC1(C)Cc2cc(NC(=O)c3coc(-c4ccnc(N)c4)n3)c(Cl)cc2O1. The molecule has 27 heavy (non-hydrogen) atoms. The number of nitrogens with two attached hydrogens (primary N) is 1. The third-order valence-electron chi connectivity index (χ3n) is 4.17. The van der Waals surface area contributed by atoms with Crippen LogP contribution < -0.4 is 15.8 Å². The molecule has 3 aromatic rings. The highest BCUT2D eigenvalue weighted by atomic mass is 35.5. The van der Waals surface area contributed by atoms with E-state index in [2.05, 4.69) is 15.3 Å². The number of anilines is 2. The van der Waals surface area contributed by atoms with Gasteiger partial charge >= 0.3 is 0 Å². The minimum Gasteiger partial charge on any atom is -0.487 e. The van der Waals surface area contributed by atoms with Gasteiger partial charge in [-0.15, -0.1) is 0 Å². The fourth-order valence-electron chi connectivity index (χ4n) is 3.00. The van der Waals surface area contributed by atoms with Crippen molar-refractivity contribution in [3.63, 3.8) is 0 Å². The van der Waals surface area contributed by atoms with E-state index < -0.39 is 5.91 Å². The van der Waals surface area contributed by atoms with Crippen molar-refractivity contribution in [1.82, 2.24) is 9.97 Å². The first kappa shape index (κ1) is 17.4. The Hall–Kier alpha value is -3.06. The van der Waals surface area contributed by atoms with Gasteiger partial charge in [0.1, 0.15) is 23.4 Å². The van der Waals surface area contributed by atoms with Gasteiger partial charge in [0.05, 0.1) is 10.7 Å². The molecule has 0 fully saturated rings. The van der Waals surface area contributed by atoms with Crippen molar-refractivity contribution in [3.05, 3.63) is 53.0 Å². The van der Waals surface area contributed by atoms with Crippen molar-refractivity contribution in [1.29, 1.82) is 0 Å². The molecule has 0 aliphatic carbocycles. The molecule has 0 saturated heterocycles. The Morgan fingerprint density at radius 3 is 2.93 bits per heavy atom. The minimum absolute atomic E-state index is 0.133. The largest absolute Gasteiger partial charge is 0.487 e. The lowest BCUT2D eigenvalue weighted by Crippen LogP contribution is -2.24. The highest BCUT2D eigenvalue weighted by Crippen LogP contribution is 2.40. The van der Waals surface area contributed by atoms with E-state index in [0.717, 1.165) is 17.7 Å². The van der Waals surface area contributed by atoms with E-state index in [9.17, 15) is 4.79 Å². The number of nitrogens with zero attached hydrogens (tertiary/aromatic N) is 2. The first-order chi connectivity index (χ1) is 12.8. The van der Waals surface area contributed by atoms with Gasteiger partial charge in [0.15, 0.2) is 5.69 Å². The smallest absolute Gasteiger partial charge is 0.277 e. The van der Waals surface area contributed by atoms with Crippen molar-refractivity contribution in [2.24, 2.45) is 0 Å². The average molecular weight is 385 g/mol. The molecule has 0 spiro atoms. The van der Waals surface area contributed by atoms with Crippen molar-refractivity contribution in [3.8, 4) is 17.2 Å². The van der Waals surface area contributed by atoms with Gasteiger partial charge in [-0.05, 0) is 32.0 Å². The maximum atomic E-state index is 12.5. The average Bonchev–Trinajstić information content (AvgIpc) is 3.18. The zero-order valence-corrected chi connectivity index (χ0v) is 15.5. The van der Waals surface area contributed by atoms with Crippen LogP contribution in [0.1, 0.15) is 29.9 Å². The molecule has 138 valence electrons. The molecular formula is C19H17ClN4O3. The van der Waals surface area contributed by atoms with Crippen LogP contribution in [0.15, 0.2) is 41.1 Å². The van der Waals surface area contributed by atoms with Gasteiger partial charge in [0, 0.05) is 29.8 Å². The van der Waals surface area contributed by atoms with Crippen molar-refractivity contribution in [2.75, 3.05) is 11.1 Å². The lowest BCUT2D eigenvalue weighted by atomic mass is 10.0. The number of hydrogen-bond donors (Lipinski definition) is 2. The number of ether oxygens (including phenoxy) is 1. The molecule has 1 amide bonds. The summed E-state index contributed by atoms with van der Waals surface area (Å²) in [4.78, 5) is 20.7. The van der Waals surface area contributed by atoms with Crippen LogP contribution in [0.25, 0.3) is 11.5 Å². The number of fused-ring (bicyclic) bond motifs is 1. The number of pyridine rings is 1. The van der Waals surface area contributed by atoms with Gasteiger partial charge in [-0.25, -0.2) is 9.97 Å². The topological polar surface area (TPSA) is 103 Å². The van der Waals surface area contributed by atoms with Gasteiger partial charge in [0.25, 0.3) is 5.91 Å². The summed E-state index contributed by atoms with van der Waals surface area (Å²) in [6.45, 7) is 4.00. The van der Waals surface area contributed by atoms with Crippen LogP contribution in [0, 0.1) is 0 Å². The van der Waals surface area contributed by atoms with E-state index >= 15 is 0 Å². The van der Waals surface area contributed by atoms with Gasteiger partial charge in [-0.2, -0.15) is 0 Å². The van der Waals surface area contributed by atoms with E-state index in [1.807, 2.05) is 19.9 Å². The summed E-state index contributed by atoms with van der Waals surface area (Å²) in [7, 11) is 0. The van der Waals surface area contributed by atoms with E-state index in [1.165, 1.54) is 6.26 Å². The number of rotatable bonds is 3. The zero-order chi connectivity index (χ0) is 19.2. The minimum atomic E-state index is -0.424. The van der Waals surface area contributed by atoms with Gasteiger partial charge < -0.3 is 20.2 Å².